The minimum Gasteiger partial charge on any atom is -0.388 e. The van der Waals surface area contributed by atoms with Gasteiger partial charge in [0.1, 0.15) is 0 Å². The van der Waals surface area contributed by atoms with Crippen molar-refractivity contribution < 1.29 is 14.6 Å². The van der Waals surface area contributed by atoms with Crippen LogP contribution in [-0.2, 0) is 9.47 Å². The molecule has 0 spiro atoms. The van der Waals surface area contributed by atoms with E-state index >= 15 is 0 Å². The fraction of sp³-hybridized carbons (Fsp3) is 0.941. The van der Waals surface area contributed by atoms with Crippen LogP contribution in [0.4, 0.5) is 0 Å². The van der Waals surface area contributed by atoms with Crippen molar-refractivity contribution in [1.82, 2.24) is 10.6 Å². The molecule has 1 aliphatic rings. The average Bonchev–Trinajstić information content (AvgIpc) is 3.08. The predicted octanol–water partition coefficient (Wildman–Crippen LogP) is 2.30. The number of guanidine groups is 1. The molecule has 7 heteroatoms. The van der Waals surface area contributed by atoms with Crippen molar-refractivity contribution in [3.05, 3.63) is 0 Å². The Morgan fingerprint density at radius 1 is 1.29 bits per heavy atom. The van der Waals surface area contributed by atoms with E-state index < -0.39 is 5.60 Å². The monoisotopic (exact) mass is 457 g/mol. The van der Waals surface area contributed by atoms with Crippen LogP contribution in [0.2, 0.25) is 0 Å². The van der Waals surface area contributed by atoms with Gasteiger partial charge >= 0.3 is 0 Å². The molecule has 24 heavy (non-hydrogen) atoms. The van der Waals surface area contributed by atoms with Gasteiger partial charge in [0.2, 0.25) is 0 Å². The van der Waals surface area contributed by atoms with Gasteiger partial charge in [-0.1, -0.05) is 13.8 Å². The lowest BCUT2D eigenvalue weighted by Crippen LogP contribution is -2.40. The molecule has 0 aliphatic carbocycles. The molecule has 1 saturated heterocycles. The topological polar surface area (TPSA) is 75.1 Å². The van der Waals surface area contributed by atoms with E-state index in [0.29, 0.717) is 32.1 Å². The highest BCUT2D eigenvalue weighted by Gasteiger charge is 2.21. The summed E-state index contributed by atoms with van der Waals surface area (Å²) in [4.78, 5) is 4.49. The Kier molecular flexibility index (Phi) is 14.0. The third kappa shape index (κ3) is 10.0. The van der Waals surface area contributed by atoms with E-state index in [1.54, 1.807) is 0 Å². The summed E-state index contributed by atoms with van der Waals surface area (Å²) in [5.41, 5.74) is -0.702. The SMILES string of the molecule is CCNC(=NCC(O)(CC)CC)NCCCOCC1CCCO1.I. The van der Waals surface area contributed by atoms with Gasteiger partial charge < -0.3 is 25.2 Å². The Balaban J connectivity index is 0.00000529. The van der Waals surface area contributed by atoms with E-state index in [1.807, 2.05) is 20.8 Å². The largest absolute Gasteiger partial charge is 0.388 e. The Labute approximate surface area is 164 Å². The van der Waals surface area contributed by atoms with Crippen LogP contribution in [0.15, 0.2) is 4.99 Å². The molecule has 0 amide bonds. The molecule has 0 aromatic carbocycles. The first kappa shape index (κ1) is 23.9. The van der Waals surface area contributed by atoms with Crippen molar-refractivity contribution in [3.63, 3.8) is 0 Å². The number of aliphatic imine (C=N–C) groups is 1. The highest BCUT2D eigenvalue weighted by Crippen LogP contribution is 2.14. The zero-order valence-corrected chi connectivity index (χ0v) is 17.8. The summed E-state index contributed by atoms with van der Waals surface area (Å²) in [5.74, 6) is 0.756. The Morgan fingerprint density at radius 2 is 2.04 bits per heavy atom. The molecular weight excluding hydrogens is 421 g/mol. The lowest BCUT2D eigenvalue weighted by molar-refractivity contribution is 0.0168. The molecule has 3 N–H and O–H groups in total. The van der Waals surface area contributed by atoms with Gasteiger partial charge in [0.05, 0.1) is 24.9 Å². The zero-order chi connectivity index (χ0) is 17.0. The second-order valence-corrected chi connectivity index (χ2v) is 6.12. The summed E-state index contributed by atoms with van der Waals surface area (Å²) in [6.07, 6.45) is 4.91. The second-order valence-electron chi connectivity index (χ2n) is 6.12. The zero-order valence-electron chi connectivity index (χ0n) is 15.5. The van der Waals surface area contributed by atoms with Crippen LogP contribution in [-0.4, -0.2) is 62.2 Å². The maximum Gasteiger partial charge on any atom is 0.191 e. The van der Waals surface area contributed by atoms with Gasteiger partial charge in [0.25, 0.3) is 0 Å². The highest BCUT2D eigenvalue weighted by molar-refractivity contribution is 14.0. The third-order valence-corrected chi connectivity index (χ3v) is 4.28. The molecule has 1 aliphatic heterocycles. The van der Waals surface area contributed by atoms with Gasteiger partial charge in [-0.05, 0) is 39.0 Å². The molecule has 0 aromatic heterocycles. The van der Waals surface area contributed by atoms with E-state index in [0.717, 1.165) is 51.5 Å². The molecule has 6 nitrogen and oxygen atoms in total. The summed E-state index contributed by atoms with van der Waals surface area (Å²) >= 11 is 0. The molecule has 1 heterocycles. The van der Waals surface area contributed by atoms with E-state index in [1.165, 1.54) is 0 Å². The lowest BCUT2D eigenvalue weighted by atomic mass is 9.98. The molecule has 1 unspecified atom stereocenters. The average molecular weight is 457 g/mol. The van der Waals surface area contributed by atoms with Crippen LogP contribution in [0.25, 0.3) is 0 Å². The Hall–Kier alpha value is -0.120. The van der Waals surface area contributed by atoms with E-state index in [-0.39, 0.29) is 24.0 Å². The van der Waals surface area contributed by atoms with Gasteiger partial charge in [-0.25, -0.2) is 0 Å². The number of nitrogens with one attached hydrogen (secondary N) is 2. The first-order valence-corrected chi connectivity index (χ1v) is 9.07. The van der Waals surface area contributed by atoms with Gasteiger partial charge in [0, 0.05) is 26.3 Å². The van der Waals surface area contributed by atoms with Crippen LogP contribution in [0.3, 0.4) is 0 Å². The number of halogens is 1. The summed E-state index contributed by atoms with van der Waals surface area (Å²) in [7, 11) is 0. The van der Waals surface area contributed by atoms with E-state index in [2.05, 4.69) is 15.6 Å². The summed E-state index contributed by atoms with van der Waals surface area (Å²) < 4.78 is 11.2. The molecule has 0 saturated carbocycles. The van der Waals surface area contributed by atoms with Gasteiger partial charge in [-0.3, -0.25) is 4.99 Å². The quantitative estimate of drug-likeness (QED) is 0.192. The van der Waals surface area contributed by atoms with Crippen molar-refractivity contribution in [3.8, 4) is 0 Å². The number of hydrogen-bond acceptors (Lipinski definition) is 4. The standard InChI is InChI=1S/C17H35N3O3.HI/c1-4-17(21,5-2)14-20-16(18-6-3)19-10-8-11-22-13-15-9-7-12-23-15;/h15,21H,4-14H2,1-3H3,(H2,18,19,20);1H. The van der Waals surface area contributed by atoms with Crippen LogP contribution < -0.4 is 10.6 Å². The molecule has 144 valence electrons. The number of ether oxygens (including phenoxy) is 2. The van der Waals surface area contributed by atoms with Crippen molar-refractivity contribution in [2.75, 3.05) is 39.5 Å². The highest BCUT2D eigenvalue weighted by atomic mass is 127. The summed E-state index contributed by atoms with van der Waals surface area (Å²) in [5, 5.41) is 16.8. The van der Waals surface area contributed by atoms with E-state index in [9.17, 15) is 5.11 Å². The minimum absolute atomic E-state index is 0. The van der Waals surface area contributed by atoms with Crippen molar-refractivity contribution in [2.24, 2.45) is 4.99 Å². The predicted molar refractivity (Wildman–Crippen MR) is 109 cm³/mol. The van der Waals surface area contributed by atoms with Crippen LogP contribution in [0.5, 0.6) is 0 Å². The smallest absolute Gasteiger partial charge is 0.191 e. The number of aliphatic hydroxyl groups is 1. The maximum absolute atomic E-state index is 10.3. The van der Waals surface area contributed by atoms with Crippen LogP contribution >= 0.6 is 24.0 Å². The van der Waals surface area contributed by atoms with E-state index in [4.69, 9.17) is 9.47 Å². The first-order valence-electron chi connectivity index (χ1n) is 9.07. The minimum atomic E-state index is -0.702. The molecule has 0 aromatic rings. The van der Waals surface area contributed by atoms with Gasteiger partial charge in [-0.2, -0.15) is 0 Å². The van der Waals surface area contributed by atoms with Gasteiger partial charge in [0.15, 0.2) is 5.96 Å². The normalized spacial score (nSPS) is 18.3. The van der Waals surface area contributed by atoms with Gasteiger partial charge in [-0.15, -0.1) is 24.0 Å². The van der Waals surface area contributed by atoms with Crippen molar-refractivity contribution >= 4 is 29.9 Å². The Morgan fingerprint density at radius 3 is 2.62 bits per heavy atom. The fourth-order valence-corrected chi connectivity index (χ4v) is 2.41. The third-order valence-electron chi connectivity index (χ3n) is 4.28. The summed E-state index contributed by atoms with van der Waals surface area (Å²) in [6, 6.07) is 0. The van der Waals surface area contributed by atoms with Crippen LogP contribution in [0.1, 0.15) is 52.9 Å². The summed E-state index contributed by atoms with van der Waals surface area (Å²) in [6.45, 7) is 10.3. The van der Waals surface area contributed by atoms with Crippen molar-refractivity contribution in [2.45, 2.75) is 64.6 Å². The molecular formula is C17H36IN3O3. The lowest BCUT2D eigenvalue weighted by Gasteiger charge is -2.23. The molecule has 1 fully saturated rings. The number of nitrogens with zero attached hydrogens (tertiary/aromatic N) is 1. The van der Waals surface area contributed by atoms with Crippen molar-refractivity contribution in [1.29, 1.82) is 0 Å². The maximum atomic E-state index is 10.3. The van der Waals surface area contributed by atoms with Crippen LogP contribution in [0, 0.1) is 0 Å². The molecule has 1 rings (SSSR count). The number of hydrogen-bond donors (Lipinski definition) is 3. The molecule has 0 radical (unpaired) electrons. The first-order chi connectivity index (χ1) is 11.1. The number of rotatable bonds is 11. The molecule has 1 atom stereocenters. The second kappa shape index (κ2) is 14.1. The molecule has 0 bridgehead atoms. The fourth-order valence-electron chi connectivity index (χ4n) is 2.41. The Bertz CT molecular complexity index is 333.